The first-order valence-corrected chi connectivity index (χ1v) is 12.3. The Labute approximate surface area is 192 Å². The molecule has 166 valence electrons. The zero-order chi connectivity index (χ0) is 21.8. The molecule has 1 aromatic heterocycles. The first-order valence-electron chi connectivity index (χ1n) is 11.1. The summed E-state index contributed by atoms with van der Waals surface area (Å²) in [5.74, 6) is 0.227. The SMILES string of the molecule is CC(Nc1cccc(Cl)c1)c1ncc(C(=O)N[C@@H](CC2CCCC2)C(=O)NC2CC2)s1. The minimum Gasteiger partial charge on any atom is -0.376 e. The predicted molar refractivity (Wildman–Crippen MR) is 125 cm³/mol. The Bertz CT molecular complexity index is 924. The van der Waals surface area contributed by atoms with E-state index >= 15 is 0 Å². The lowest BCUT2D eigenvalue weighted by atomic mass is 9.97. The third-order valence-corrected chi connectivity index (χ3v) is 7.33. The Hall–Kier alpha value is -2.12. The fraction of sp³-hybridized carbons (Fsp3) is 0.522. The van der Waals surface area contributed by atoms with Crippen LogP contribution in [0, 0.1) is 5.92 Å². The van der Waals surface area contributed by atoms with Crippen LogP contribution in [0.5, 0.6) is 0 Å². The van der Waals surface area contributed by atoms with Gasteiger partial charge in [0.1, 0.15) is 15.9 Å². The van der Waals surface area contributed by atoms with E-state index in [-0.39, 0.29) is 23.9 Å². The summed E-state index contributed by atoms with van der Waals surface area (Å²) in [6, 6.07) is 7.23. The number of hydrogen-bond donors (Lipinski definition) is 3. The molecule has 6 nitrogen and oxygen atoms in total. The van der Waals surface area contributed by atoms with Crippen molar-refractivity contribution in [1.82, 2.24) is 15.6 Å². The van der Waals surface area contributed by atoms with Crippen LogP contribution < -0.4 is 16.0 Å². The maximum Gasteiger partial charge on any atom is 0.263 e. The predicted octanol–water partition coefficient (Wildman–Crippen LogP) is 4.93. The summed E-state index contributed by atoms with van der Waals surface area (Å²) in [5.41, 5.74) is 0.898. The Morgan fingerprint density at radius 3 is 2.71 bits per heavy atom. The Kier molecular flexibility index (Phi) is 7.13. The molecule has 31 heavy (non-hydrogen) atoms. The number of nitrogens with one attached hydrogen (secondary N) is 3. The number of thiazole rings is 1. The van der Waals surface area contributed by atoms with Crippen molar-refractivity contribution in [2.75, 3.05) is 5.32 Å². The smallest absolute Gasteiger partial charge is 0.263 e. The molecule has 1 aromatic carbocycles. The largest absolute Gasteiger partial charge is 0.376 e. The van der Waals surface area contributed by atoms with Gasteiger partial charge >= 0.3 is 0 Å². The molecule has 0 spiro atoms. The lowest BCUT2D eigenvalue weighted by molar-refractivity contribution is -0.123. The molecular weight excluding hydrogens is 432 g/mol. The minimum atomic E-state index is -0.483. The molecule has 2 aromatic rings. The van der Waals surface area contributed by atoms with Crippen molar-refractivity contribution in [2.45, 2.75) is 70.0 Å². The molecule has 1 heterocycles. The molecule has 0 aliphatic heterocycles. The molecule has 0 radical (unpaired) electrons. The highest BCUT2D eigenvalue weighted by atomic mass is 35.5. The van der Waals surface area contributed by atoms with E-state index in [1.165, 1.54) is 24.2 Å². The van der Waals surface area contributed by atoms with Gasteiger partial charge in [0.15, 0.2) is 0 Å². The summed E-state index contributed by atoms with van der Waals surface area (Å²) in [6.45, 7) is 1.99. The molecule has 4 rings (SSSR count). The quantitative estimate of drug-likeness (QED) is 0.495. The molecule has 0 bridgehead atoms. The van der Waals surface area contributed by atoms with E-state index in [1.807, 2.05) is 31.2 Å². The number of halogens is 1. The van der Waals surface area contributed by atoms with Gasteiger partial charge in [-0.15, -0.1) is 11.3 Å². The van der Waals surface area contributed by atoms with Crippen LogP contribution in [-0.2, 0) is 4.79 Å². The van der Waals surface area contributed by atoms with Crippen LogP contribution in [0.1, 0.15) is 72.6 Å². The number of carbonyl (C=O) groups excluding carboxylic acids is 2. The average Bonchev–Trinajstić information content (AvgIpc) is 3.19. The number of carbonyl (C=O) groups is 2. The summed E-state index contributed by atoms with van der Waals surface area (Å²) in [7, 11) is 0. The van der Waals surface area contributed by atoms with Gasteiger partial charge < -0.3 is 16.0 Å². The van der Waals surface area contributed by atoms with Crippen LogP contribution >= 0.6 is 22.9 Å². The number of amides is 2. The normalized spacial score (nSPS) is 18.4. The number of rotatable bonds is 9. The maximum atomic E-state index is 12.9. The lowest BCUT2D eigenvalue weighted by Crippen LogP contribution is -2.48. The van der Waals surface area contributed by atoms with Crippen LogP contribution in [0.25, 0.3) is 0 Å². The fourth-order valence-corrected chi connectivity index (χ4v) is 5.07. The topological polar surface area (TPSA) is 83.1 Å². The van der Waals surface area contributed by atoms with E-state index < -0.39 is 6.04 Å². The highest BCUT2D eigenvalue weighted by Crippen LogP contribution is 2.30. The maximum absolute atomic E-state index is 12.9. The third-order valence-electron chi connectivity index (χ3n) is 5.91. The molecule has 2 aliphatic rings. The number of nitrogens with zero attached hydrogens (tertiary/aromatic N) is 1. The number of benzene rings is 1. The van der Waals surface area contributed by atoms with Gasteiger partial charge in [-0.05, 0) is 50.3 Å². The van der Waals surface area contributed by atoms with Crippen LogP contribution in [0.3, 0.4) is 0 Å². The highest BCUT2D eigenvalue weighted by Gasteiger charge is 2.31. The van der Waals surface area contributed by atoms with Crippen LogP contribution in [0.4, 0.5) is 5.69 Å². The zero-order valence-electron chi connectivity index (χ0n) is 17.7. The summed E-state index contributed by atoms with van der Waals surface area (Å²) >= 11 is 7.40. The lowest BCUT2D eigenvalue weighted by Gasteiger charge is -2.21. The van der Waals surface area contributed by atoms with Gasteiger partial charge in [-0.3, -0.25) is 9.59 Å². The van der Waals surface area contributed by atoms with Crippen molar-refractivity contribution in [3.8, 4) is 0 Å². The van der Waals surface area contributed by atoms with Crippen molar-refractivity contribution in [2.24, 2.45) is 5.92 Å². The van der Waals surface area contributed by atoms with E-state index in [0.29, 0.717) is 22.2 Å². The first kappa shape index (κ1) is 22.1. The van der Waals surface area contributed by atoms with Crippen molar-refractivity contribution in [3.63, 3.8) is 0 Å². The molecule has 1 unspecified atom stereocenters. The van der Waals surface area contributed by atoms with Crippen LogP contribution in [0.2, 0.25) is 5.02 Å². The molecule has 2 saturated carbocycles. The van der Waals surface area contributed by atoms with Gasteiger partial charge in [0, 0.05) is 16.8 Å². The molecule has 2 amide bonds. The van der Waals surface area contributed by atoms with E-state index in [2.05, 4.69) is 20.9 Å². The summed E-state index contributed by atoms with van der Waals surface area (Å²) in [5, 5.41) is 10.9. The second kappa shape index (κ2) is 10.0. The van der Waals surface area contributed by atoms with E-state index in [1.54, 1.807) is 6.20 Å². The molecule has 8 heteroatoms. The minimum absolute atomic E-state index is 0.0523. The highest BCUT2D eigenvalue weighted by molar-refractivity contribution is 7.13. The van der Waals surface area contributed by atoms with Crippen molar-refractivity contribution in [1.29, 1.82) is 0 Å². The van der Waals surface area contributed by atoms with E-state index in [0.717, 1.165) is 36.4 Å². The standard InChI is InChI=1S/C23H29ClN4O2S/c1-14(26-18-8-4-7-16(24)12-18)23-25-13-20(31-23)22(30)28-19(11-15-5-2-3-6-15)21(29)27-17-9-10-17/h4,7-8,12-15,17,19,26H,2-3,5-6,9-11H2,1H3,(H,27,29)(H,28,30)/t14?,19-/m0/s1. The molecule has 3 N–H and O–H groups in total. The van der Waals surface area contributed by atoms with Crippen LogP contribution in [0.15, 0.2) is 30.5 Å². The summed E-state index contributed by atoms with van der Waals surface area (Å²) < 4.78 is 0. The van der Waals surface area contributed by atoms with E-state index in [9.17, 15) is 9.59 Å². The number of aromatic nitrogens is 1. The van der Waals surface area contributed by atoms with Gasteiger partial charge in [-0.25, -0.2) is 4.98 Å². The van der Waals surface area contributed by atoms with Crippen LogP contribution in [-0.4, -0.2) is 28.9 Å². The Morgan fingerprint density at radius 2 is 2.00 bits per heavy atom. The monoisotopic (exact) mass is 460 g/mol. The number of anilines is 1. The molecule has 2 aliphatic carbocycles. The fourth-order valence-electron chi connectivity index (χ4n) is 4.05. The van der Waals surface area contributed by atoms with Gasteiger partial charge in [0.25, 0.3) is 5.91 Å². The zero-order valence-corrected chi connectivity index (χ0v) is 19.3. The molecular formula is C23H29ClN4O2S. The van der Waals surface area contributed by atoms with Gasteiger partial charge in [-0.2, -0.15) is 0 Å². The van der Waals surface area contributed by atoms with Crippen molar-refractivity contribution >= 4 is 40.4 Å². The number of hydrogen-bond acceptors (Lipinski definition) is 5. The third kappa shape index (κ3) is 6.20. The van der Waals surface area contributed by atoms with Gasteiger partial charge in [0.05, 0.1) is 12.2 Å². The van der Waals surface area contributed by atoms with Crippen molar-refractivity contribution < 1.29 is 9.59 Å². The molecule has 2 fully saturated rings. The molecule has 2 atom stereocenters. The Balaban J connectivity index is 1.38. The summed E-state index contributed by atoms with van der Waals surface area (Å²) in [6.07, 6.45) is 9.08. The van der Waals surface area contributed by atoms with E-state index in [4.69, 9.17) is 11.6 Å². The average molecular weight is 461 g/mol. The van der Waals surface area contributed by atoms with Gasteiger partial charge in [-0.1, -0.05) is 43.4 Å². The second-order valence-electron chi connectivity index (χ2n) is 8.63. The Morgan fingerprint density at radius 1 is 1.23 bits per heavy atom. The molecule has 0 saturated heterocycles. The van der Waals surface area contributed by atoms with Gasteiger partial charge in [0.2, 0.25) is 5.91 Å². The summed E-state index contributed by atoms with van der Waals surface area (Å²) in [4.78, 5) is 30.6. The van der Waals surface area contributed by atoms with Crippen molar-refractivity contribution in [3.05, 3.63) is 45.4 Å². The second-order valence-corrected chi connectivity index (χ2v) is 10.1. The first-order chi connectivity index (χ1) is 15.0.